The van der Waals surface area contributed by atoms with Gasteiger partial charge in [-0.2, -0.15) is 8.42 Å². The number of benzene rings is 1. The highest BCUT2D eigenvalue weighted by atomic mass is 79.9. The van der Waals surface area contributed by atoms with Crippen molar-refractivity contribution < 1.29 is 21.7 Å². The van der Waals surface area contributed by atoms with E-state index in [2.05, 4.69) is 15.9 Å². The molecule has 0 radical (unpaired) electrons. The zero-order valence-corrected chi connectivity index (χ0v) is 13.5. The van der Waals surface area contributed by atoms with Gasteiger partial charge in [-0.15, -0.1) is 0 Å². The molecule has 0 aromatic heterocycles. The van der Waals surface area contributed by atoms with Gasteiger partial charge in [-0.25, -0.2) is 4.39 Å². The molecule has 1 aromatic carbocycles. The van der Waals surface area contributed by atoms with Crippen LogP contribution < -0.4 is 0 Å². The minimum atomic E-state index is -3.79. The normalized spacial score (nSPS) is 18.9. The fraction of sp³-hybridized carbons (Fsp3) is 0.538. The summed E-state index contributed by atoms with van der Waals surface area (Å²) in [5.74, 6) is -0.359. The first-order valence-corrected chi connectivity index (χ1v) is 8.72. The molecule has 1 fully saturated rings. The Balaban J connectivity index is 2.58. The number of hydrogen-bond donors (Lipinski definition) is 0. The summed E-state index contributed by atoms with van der Waals surface area (Å²) in [6, 6.07) is 4.41. The second-order valence-corrected chi connectivity index (χ2v) is 7.25. The van der Waals surface area contributed by atoms with Gasteiger partial charge < -0.3 is 4.74 Å². The predicted octanol–water partition coefficient (Wildman–Crippen LogP) is 2.70. The van der Waals surface area contributed by atoms with Crippen molar-refractivity contribution in [1.82, 2.24) is 0 Å². The average Bonchev–Trinajstić information content (AvgIpc) is 2.48. The minimum absolute atomic E-state index is 0.302. The summed E-state index contributed by atoms with van der Waals surface area (Å²) < 4.78 is 47.2. The molecule has 20 heavy (non-hydrogen) atoms. The fourth-order valence-corrected chi connectivity index (χ4v) is 4.34. The average molecular weight is 367 g/mol. The molecule has 0 bridgehead atoms. The van der Waals surface area contributed by atoms with Gasteiger partial charge >= 0.3 is 0 Å². The van der Waals surface area contributed by atoms with Crippen molar-refractivity contribution in [1.29, 1.82) is 0 Å². The van der Waals surface area contributed by atoms with Gasteiger partial charge in [0.05, 0.1) is 7.11 Å². The SMILES string of the molecule is COS(=O)(=O)C1(c2ccc(F)c(CBr)c2)CCOCC1. The highest BCUT2D eigenvalue weighted by Gasteiger charge is 2.47. The summed E-state index contributed by atoms with van der Waals surface area (Å²) in [5.41, 5.74) is 0.984. The molecule has 7 heteroatoms. The highest BCUT2D eigenvalue weighted by molar-refractivity contribution is 9.08. The van der Waals surface area contributed by atoms with E-state index in [-0.39, 0.29) is 5.82 Å². The van der Waals surface area contributed by atoms with Crippen LogP contribution in [0.5, 0.6) is 0 Å². The Labute approximate surface area is 126 Å². The summed E-state index contributed by atoms with van der Waals surface area (Å²) in [4.78, 5) is 0. The lowest BCUT2D eigenvalue weighted by atomic mass is 9.89. The molecular weight excluding hydrogens is 351 g/mol. The standard InChI is InChI=1S/C13H16BrFO4S/c1-18-20(16,17)13(4-6-19-7-5-13)11-2-3-12(15)10(8-11)9-14/h2-3,8H,4-7,9H2,1H3. The van der Waals surface area contributed by atoms with Gasteiger partial charge in [0.2, 0.25) is 0 Å². The predicted molar refractivity (Wildman–Crippen MR) is 76.7 cm³/mol. The van der Waals surface area contributed by atoms with Crippen molar-refractivity contribution in [2.45, 2.75) is 22.9 Å². The Bertz CT molecular complexity index is 582. The van der Waals surface area contributed by atoms with Gasteiger partial charge in [0.1, 0.15) is 10.6 Å². The van der Waals surface area contributed by atoms with Crippen LogP contribution in [-0.2, 0) is 29.1 Å². The van der Waals surface area contributed by atoms with Crippen LogP contribution in [0, 0.1) is 5.82 Å². The maximum Gasteiger partial charge on any atom is 0.277 e. The molecule has 1 aliphatic rings. The van der Waals surface area contributed by atoms with Crippen LogP contribution in [-0.4, -0.2) is 28.7 Å². The highest BCUT2D eigenvalue weighted by Crippen LogP contribution is 2.41. The number of rotatable bonds is 4. The molecule has 0 unspecified atom stereocenters. The Morgan fingerprint density at radius 3 is 2.60 bits per heavy atom. The lowest BCUT2D eigenvalue weighted by Crippen LogP contribution is -2.42. The first-order valence-electron chi connectivity index (χ1n) is 6.19. The molecule has 0 N–H and O–H groups in total. The van der Waals surface area contributed by atoms with Gasteiger partial charge in [0.15, 0.2) is 0 Å². The number of halogens is 2. The zero-order valence-electron chi connectivity index (χ0n) is 11.1. The largest absolute Gasteiger partial charge is 0.381 e. The summed E-state index contributed by atoms with van der Waals surface area (Å²) in [6.45, 7) is 0.674. The molecule has 1 heterocycles. The van der Waals surface area contributed by atoms with Crippen LogP contribution in [0.3, 0.4) is 0 Å². The van der Waals surface area contributed by atoms with Crippen molar-refractivity contribution in [3.8, 4) is 0 Å². The molecule has 2 rings (SSSR count). The Morgan fingerprint density at radius 1 is 1.40 bits per heavy atom. The zero-order chi connectivity index (χ0) is 14.8. The summed E-state index contributed by atoms with van der Waals surface area (Å²) >= 11 is 3.21. The van der Waals surface area contributed by atoms with E-state index in [0.29, 0.717) is 42.5 Å². The number of hydrogen-bond acceptors (Lipinski definition) is 4. The monoisotopic (exact) mass is 366 g/mol. The summed E-state index contributed by atoms with van der Waals surface area (Å²) in [6.07, 6.45) is 0.604. The maximum absolute atomic E-state index is 13.6. The van der Waals surface area contributed by atoms with Crippen LogP contribution in [0.1, 0.15) is 24.0 Å². The van der Waals surface area contributed by atoms with Crippen LogP contribution >= 0.6 is 15.9 Å². The number of alkyl halides is 1. The van der Waals surface area contributed by atoms with Crippen LogP contribution in [0.15, 0.2) is 18.2 Å². The molecular formula is C13H16BrFO4S. The third-order valence-electron chi connectivity index (χ3n) is 3.71. The van der Waals surface area contributed by atoms with Crippen molar-refractivity contribution in [3.05, 3.63) is 35.1 Å². The second kappa shape index (κ2) is 6.09. The summed E-state index contributed by atoms with van der Waals surface area (Å²) in [5, 5.41) is 0.326. The molecule has 0 spiro atoms. The Morgan fingerprint density at radius 2 is 2.05 bits per heavy atom. The molecule has 0 amide bonds. The first-order chi connectivity index (χ1) is 9.47. The smallest absolute Gasteiger partial charge is 0.277 e. The van der Waals surface area contributed by atoms with Gasteiger partial charge in [0.25, 0.3) is 10.1 Å². The maximum atomic E-state index is 13.6. The van der Waals surface area contributed by atoms with Crippen molar-refractivity contribution in [3.63, 3.8) is 0 Å². The molecule has 112 valence electrons. The Hall–Kier alpha value is -0.500. The molecule has 1 aromatic rings. The van der Waals surface area contributed by atoms with E-state index in [1.165, 1.54) is 12.1 Å². The van der Waals surface area contributed by atoms with E-state index in [1.807, 2.05) is 0 Å². The number of ether oxygens (including phenoxy) is 1. The van der Waals surface area contributed by atoms with Crippen molar-refractivity contribution >= 4 is 26.0 Å². The summed E-state index contributed by atoms with van der Waals surface area (Å²) in [7, 11) is -2.64. The van der Waals surface area contributed by atoms with E-state index < -0.39 is 14.9 Å². The minimum Gasteiger partial charge on any atom is -0.381 e. The fourth-order valence-electron chi connectivity index (χ4n) is 2.50. The van der Waals surface area contributed by atoms with Gasteiger partial charge in [0, 0.05) is 18.5 Å². The van der Waals surface area contributed by atoms with E-state index in [0.717, 1.165) is 7.11 Å². The van der Waals surface area contributed by atoms with Crippen molar-refractivity contribution in [2.24, 2.45) is 0 Å². The lowest BCUT2D eigenvalue weighted by Gasteiger charge is -2.36. The van der Waals surface area contributed by atoms with Gasteiger partial charge in [-0.05, 0) is 30.0 Å². The molecule has 0 aliphatic carbocycles. The third kappa shape index (κ3) is 2.64. The third-order valence-corrected chi connectivity index (χ3v) is 6.36. The van der Waals surface area contributed by atoms with E-state index >= 15 is 0 Å². The van der Waals surface area contributed by atoms with Crippen LogP contribution in [0.25, 0.3) is 0 Å². The lowest BCUT2D eigenvalue weighted by molar-refractivity contribution is 0.0707. The quantitative estimate of drug-likeness (QED) is 0.607. The molecule has 1 saturated heterocycles. The molecule has 0 saturated carbocycles. The molecule has 4 nitrogen and oxygen atoms in total. The Kier molecular flexibility index (Phi) is 4.84. The van der Waals surface area contributed by atoms with Gasteiger partial charge in [-0.1, -0.05) is 28.1 Å². The molecule has 1 aliphatic heterocycles. The van der Waals surface area contributed by atoms with E-state index in [4.69, 9.17) is 8.92 Å². The van der Waals surface area contributed by atoms with Crippen molar-refractivity contribution in [2.75, 3.05) is 20.3 Å². The van der Waals surface area contributed by atoms with Crippen LogP contribution in [0.2, 0.25) is 0 Å². The van der Waals surface area contributed by atoms with Gasteiger partial charge in [-0.3, -0.25) is 4.18 Å². The van der Waals surface area contributed by atoms with E-state index in [1.54, 1.807) is 6.07 Å². The molecule has 0 atom stereocenters. The van der Waals surface area contributed by atoms with E-state index in [9.17, 15) is 12.8 Å². The van der Waals surface area contributed by atoms with Crippen LogP contribution in [0.4, 0.5) is 4.39 Å². The first kappa shape index (κ1) is 15.9. The second-order valence-electron chi connectivity index (χ2n) is 4.67. The topological polar surface area (TPSA) is 52.6 Å².